The average Bonchev–Trinajstić information content (AvgIpc) is 2.34. The number of nitrogens with two attached hydrogens (primary N) is 1. The summed E-state index contributed by atoms with van der Waals surface area (Å²) in [7, 11) is 0. The van der Waals surface area contributed by atoms with Gasteiger partial charge in [-0.1, -0.05) is 26.3 Å². The molecule has 0 aliphatic rings. The molecule has 1 aromatic rings. The molecule has 96 valence electrons. The summed E-state index contributed by atoms with van der Waals surface area (Å²) in [5, 5.41) is 0. The van der Waals surface area contributed by atoms with Crippen LogP contribution in [0.1, 0.15) is 27.2 Å². The number of likely N-dealkylation sites (N-methyl/N-ethyl adjacent to an activating group) is 1. The van der Waals surface area contributed by atoms with E-state index in [0.29, 0.717) is 12.5 Å². The maximum Gasteiger partial charge on any atom is 0.125 e. The highest BCUT2D eigenvalue weighted by Gasteiger charge is 2.21. The average molecular weight is 238 g/mol. The number of anilines is 1. The van der Waals surface area contributed by atoms with Crippen LogP contribution in [-0.2, 0) is 0 Å². The van der Waals surface area contributed by atoms with Crippen molar-refractivity contribution >= 4 is 5.69 Å². The third kappa shape index (κ3) is 3.43. The fourth-order valence-electron chi connectivity index (χ4n) is 2.20. The topological polar surface area (TPSA) is 29.3 Å². The van der Waals surface area contributed by atoms with E-state index in [1.54, 1.807) is 12.1 Å². The molecule has 0 spiro atoms. The second-order valence-electron chi connectivity index (χ2n) is 4.45. The molecule has 0 aromatic heterocycles. The molecule has 0 fully saturated rings. The van der Waals surface area contributed by atoms with E-state index >= 15 is 0 Å². The van der Waals surface area contributed by atoms with Gasteiger partial charge in [0.15, 0.2) is 0 Å². The Balaban J connectivity index is 2.96. The molecule has 3 heteroatoms. The van der Waals surface area contributed by atoms with Crippen LogP contribution in [0.4, 0.5) is 10.1 Å². The molecule has 1 rings (SSSR count). The maximum atomic E-state index is 13.3. The van der Waals surface area contributed by atoms with Crippen LogP contribution >= 0.6 is 0 Å². The van der Waals surface area contributed by atoms with E-state index in [2.05, 4.69) is 25.7 Å². The summed E-state index contributed by atoms with van der Waals surface area (Å²) in [5.41, 5.74) is 6.79. The molecule has 0 saturated carbocycles. The van der Waals surface area contributed by atoms with Crippen LogP contribution in [0.25, 0.3) is 0 Å². The van der Waals surface area contributed by atoms with E-state index in [1.807, 2.05) is 6.07 Å². The van der Waals surface area contributed by atoms with E-state index in [1.165, 1.54) is 6.07 Å². The van der Waals surface area contributed by atoms with E-state index in [4.69, 9.17) is 5.73 Å². The van der Waals surface area contributed by atoms with Crippen molar-refractivity contribution in [1.82, 2.24) is 0 Å². The van der Waals surface area contributed by atoms with Gasteiger partial charge in [0.05, 0.1) is 0 Å². The van der Waals surface area contributed by atoms with Crippen LogP contribution in [0.3, 0.4) is 0 Å². The SMILES string of the molecule is CCC(C)C(CN)N(CC)c1cccc(F)c1. The van der Waals surface area contributed by atoms with Crippen molar-refractivity contribution in [2.24, 2.45) is 11.7 Å². The summed E-state index contributed by atoms with van der Waals surface area (Å²) in [5.74, 6) is 0.309. The Morgan fingerprint density at radius 1 is 1.35 bits per heavy atom. The smallest absolute Gasteiger partial charge is 0.125 e. The summed E-state index contributed by atoms with van der Waals surface area (Å²) < 4.78 is 13.3. The third-order valence-corrected chi connectivity index (χ3v) is 3.42. The predicted molar refractivity (Wildman–Crippen MR) is 71.7 cm³/mol. The lowest BCUT2D eigenvalue weighted by Crippen LogP contribution is -2.45. The molecule has 2 nitrogen and oxygen atoms in total. The minimum atomic E-state index is -0.194. The zero-order valence-electron chi connectivity index (χ0n) is 11.0. The number of hydrogen-bond acceptors (Lipinski definition) is 2. The molecule has 2 unspecified atom stereocenters. The predicted octanol–water partition coefficient (Wildman–Crippen LogP) is 3.03. The van der Waals surface area contributed by atoms with E-state index < -0.39 is 0 Å². The zero-order valence-corrected chi connectivity index (χ0v) is 11.0. The molecular weight excluding hydrogens is 215 g/mol. The highest BCUT2D eigenvalue weighted by Crippen LogP contribution is 2.22. The number of halogens is 1. The molecule has 17 heavy (non-hydrogen) atoms. The highest BCUT2D eigenvalue weighted by atomic mass is 19.1. The second kappa shape index (κ2) is 6.60. The van der Waals surface area contributed by atoms with Crippen LogP contribution in [0.2, 0.25) is 0 Å². The van der Waals surface area contributed by atoms with E-state index in [9.17, 15) is 4.39 Å². The number of benzene rings is 1. The third-order valence-electron chi connectivity index (χ3n) is 3.42. The van der Waals surface area contributed by atoms with Crippen LogP contribution in [0.15, 0.2) is 24.3 Å². The summed E-state index contributed by atoms with van der Waals surface area (Å²) in [6, 6.07) is 7.01. The number of hydrogen-bond donors (Lipinski definition) is 1. The quantitative estimate of drug-likeness (QED) is 0.825. The van der Waals surface area contributed by atoms with Gasteiger partial charge in [0.1, 0.15) is 5.82 Å². The highest BCUT2D eigenvalue weighted by molar-refractivity contribution is 5.47. The fourth-order valence-corrected chi connectivity index (χ4v) is 2.20. The van der Waals surface area contributed by atoms with Gasteiger partial charge in [0.25, 0.3) is 0 Å². The monoisotopic (exact) mass is 238 g/mol. The lowest BCUT2D eigenvalue weighted by atomic mass is 9.97. The summed E-state index contributed by atoms with van der Waals surface area (Å²) in [6.45, 7) is 7.87. The van der Waals surface area contributed by atoms with E-state index in [0.717, 1.165) is 18.7 Å². The van der Waals surface area contributed by atoms with Crippen molar-refractivity contribution in [2.75, 3.05) is 18.0 Å². The minimum absolute atomic E-state index is 0.194. The van der Waals surface area contributed by atoms with Crippen LogP contribution in [-0.4, -0.2) is 19.1 Å². The summed E-state index contributed by atoms with van der Waals surface area (Å²) in [6.07, 6.45) is 1.08. The zero-order chi connectivity index (χ0) is 12.8. The normalized spacial score (nSPS) is 14.4. The Kier molecular flexibility index (Phi) is 5.42. The Morgan fingerprint density at radius 3 is 2.53 bits per heavy atom. The molecule has 0 bridgehead atoms. The molecule has 0 amide bonds. The van der Waals surface area contributed by atoms with Gasteiger partial charge in [-0.25, -0.2) is 4.39 Å². The van der Waals surface area contributed by atoms with Crippen molar-refractivity contribution in [1.29, 1.82) is 0 Å². The molecule has 0 aliphatic carbocycles. The van der Waals surface area contributed by atoms with Gasteiger partial charge in [0, 0.05) is 24.8 Å². The van der Waals surface area contributed by atoms with Crippen molar-refractivity contribution in [2.45, 2.75) is 33.2 Å². The first kappa shape index (κ1) is 14.0. The maximum absolute atomic E-state index is 13.3. The van der Waals surface area contributed by atoms with Gasteiger partial charge in [0.2, 0.25) is 0 Å². The summed E-state index contributed by atoms with van der Waals surface area (Å²) >= 11 is 0. The Hall–Kier alpha value is -1.09. The first-order valence-corrected chi connectivity index (χ1v) is 6.36. The fraction of sp³-hybridized carbons (Fsp3) is 0.571. The first-order valence-electron chi connectivity index (χ1n) is 6.36. The van der Waals surface area contributed by atoms with Gasteiger partial charge in [-0.05, 0) is 31.0 Å². The van der Waals surface area contributed by atoms with Crippen molar-refractivity contribution in [3.05, 3.63) is 30.1 Å². The Bertz CT molecular complexity index is 341. The number of rotatable bonds is 6. The van der Waals surface area contributed by atoms with Crippen molar-refractivity contribution in [3.8, 4) is 0 Å². The molecule has 0 saturated heterocycles. The molecule has 0 heterocycles. The molecule has 2 N–H and O–H groups in total. The molecule has 2 atom stereocenters. The summed E-state index contributed by atoms with van der Waals surface area (Å²) in [4.78, 5) is 2.19. The lowest BCUT2D eigenvalue weighted by molar-refractivity contribution is 0.422. The lowest BCUT2D eigenvalue weighted by Gasteiger charge is -2.35. The van der Waals surface area contributed by atoms with E-state index in [-0.39, 0.29) is 11.9 Å². The largest absolute Gasteiger partial charge is 0.367 e. The van der Waals surface area contributed by atoms with Gasteiger partial charge in [-0.2, -0.15) is 0 Å². The number of nitrogens with zero attached hydrogens (tertiary/aromatic N) is 1. The minimum Gasteiger partial charge on any atom is -0.367 e. The first-order chi connectivity index (χ1) is 8.13. The van der Waals surface area contributed by atoms with Crippen molar-refractivity contribution in [3.63, 3.8) is 0 Å². The van der Waals surface area contributed by atoms with Gasteiger partial charge >= 0.3 is 0 Å². The van der Waals surface area contributed by atoms with Crippen LogP contribution < -0.4 is 10.6 Å². The standard InChI is InChI=1S/C14H23FN2/c1-4-11(3)14(10-16)17(5-2)13-8-6-7-12(15)9-13/h6-9,11,14H,4-5,10,16H2,1-3H3. The van der Waals surface area contributed by atoms with Crippen molar-refractivity contribution < 1.29 is 4.39 Å². The molecular formula is C14H23FN2. The van der Waals surface area contributed by atoms with Gasteiger partial charge in [-0.3, -0.25) is 0 Å². The van der Waals surface area contributed by atoms with Gasteiger partial charge in [-0.15, -0.1) is 0 Å². The molecule has 0 aliphatic heterocycles. The second-order valence-corrected chi connectivity index (χ2v) is 4.45. The Labute approximate surface area is 104 Å². The molecule has 1 aromatic carbocycles. The Morgan fingerprint density at radius 2 is 2.06 bits per heavy atom. The van der Waals surface area contributed by atoms with Crippen LogP contribution in [0.5, 0.6) is 0 Å². The van der Waals surface area contributed by atoms with Crippen LogP contribution in [0, 0.1) is 11.7 Å². The molecule has 0 radical (unpaired) electrons. The van der Waals surface area contributed by atoms with Gasteiger partial charge < -0.3 is 10.6 Å².